The van der Waals surface area contributed by atoms with E-state index in [-0.39, 0.29) is 10.0 Å². The van der Waals surface area contributed by atoms with Crippen molar-refractivity contribution in [2.45, 2.75) is 6.92 Å². The van der Waals surface area contributed by atoms with Crippen LogP contribution in [0.2, 0.25) is 0 Å². The molecule has 6 heteroatoms. The molecule has 21 heavy (non-hydrogen) atoms. The lowest BCUT2D eigenvalue weighted by Gasteiger charge is -2.09. The summed E-state index contributed by atoms with van der Waals surface area (Å²) in [5.74, 6) is -1.97. The first-order valence-electron chi connectivity index (χ1n) is 6.05. The minimum absolute atomic E-state index is 0.172. The second-order valence-electron chi connectivity index (χ2n) is 4.15. The van der Waals surface area contributed by atoms with Gasteiger partial charge < -0.3 is 4.74 Å². The Hall–Kier alpha value is -1.27. The van der Waals surface area contributed by atoms with Gasteiger partial charge in [-0.3, -0.25) is 4.79 Å². The summed E-state index contributed by atoms with van der Waals surface area (Å²) in [6.07, 6.45) is 0. The third kappa shape index (κ3) is 3.49. The van der Waals surface area contributed by atoms with E-state index in [0.717, 1.165) is 12.1 Å². The Bertz CT molecular complexity index is 679. The summed E-state index contributed by atoms with van der Waals surface area (Å²) in [4.78, 5) is 12.3. The van der Waals surface area contributed by atoms with E-state index in [1.54, 1.807) is 6.07 Å². The van der Waals surface area contributed by atoms with Gasteiger partial charge in [-0.1, -0.05) is 15.9 Å². The van der Waals surface area contributed by atoms with Crippen LogP contribution in [0.25, 0.3) is 0 Å². The summed E-state index contributed by atoms with van der Waals surface area (Å²) < 4.78 is 33.8. The van der Waals surface area contributed by atoms with Crippen LogP contribution in [0.1, 0.15) is 22.8 Å². The van der Waals surface area contributed by atoms with Crippen LogP contribution < -0.4 is 4.74 Å². The molecule has 0 unspecified atom stereocenters. The second kappa shape index (κ2) is 6.66. The van der Waals surface area contributed by atoms with Gasteiger partial charge in [-0.2, -0.15) is 0 Å². The predicted octanol–water partition coefficient (Wildman–Crippen LogP) is 5.12. The highest BCUT2D eigenvalue weighted by molar-refractivity contribution is 9.10. The van der Waals surface area contributed by atoms with Crippen molar-refractivity contribution in [1.82, 2.24) is 0 Å². The number of ether oxygens (including phenoxy) is 1. The van der Waals surface area contributed by atoms with Gasteiger partial charge in [0.2, 0.25) is 0 Å². The lowest BCUT2D eigenvalue weighted by Crippen LogP contribution is -2.08. The molecule has 0 bridgehead atoms. The molecule has 0 aliphatic carbocycles. The first-order valence-corrected chi connectivity index (χ1v) is 7.64. The zero-order chi connectivity index (χ0) is 15.6. The number of rotatable bonds is 4. The quantitative estimate of drug-likeness (QED) is 0.643. The molecule has 0 aliphatic rings. The lowest BCUT2D eigenvalue weighted by atomic mass is 10.0. The van der Waals surface area contributed by atoms with Crippen LogP contribution in [0.15, 0.2) is 39.3 Å². The van der Waals surface area contributed by atoms with E-state index >= 15 is 0 Å². The third-order valence-electron chi connectivity index (χ3n) is 2.73. The highest BCUT2D eigenvalue weighted by atomic mass is 79.9. The Morgan fingerprint density at radius 2 is 1.76 bits per heavy atom. The van der Waals surface area contributed by atoms with Gasteiger partial charge in [0.05, 0.1) is 16.6 Å². The molecule has 2 aromatic carbocycles. The van der Waals surface area contributed by atoms with Gasteiger partial charge in [0.1, 0.15) is 17.4 Å². The number of hydrogen-bond acceptors (Lipinski definition) is 2. The van der Waals surface area contributed by atoms with E-state index in [0.29, 0.717) is 16.8 Å². The second-order valence-corrected chi connectivity index (χ2v) is 5.92. The van der Waals surface area contributed by atoms with Crippen LogP contribution in [0.3, 0.4) is 0 Å². The van der Waals surface area contributed by atoms with Gasteiger partial charge in [0, 0.05) is 10.0 Å². The third-order valence-corrected chi connectivity index (χ3v) is 3.81. The number of hydrogen-bond donors (Lipinski definition) is 0. The van der Waals surface area contributed by atoms with Crippen molar-refractivity contribution in [3.05, 3.63) is 62.0 Å². The van der Waals surface area contributed by atoms with Gasteiger partial charge in [-0.15, -0.1) is 0 Å². The normalized spacial score (nSPS) is 10.5. The summed E-state index contributed by atoms with van der Waals surface area (Å²) in [6.45, 7) is 2.31. The van der Waals surface area contributed by atoms with E-state index in [4.69, 9.17) is 4.74 Å². The van der Waals surface area contributed by atoms with Crippen molar-refractivity contribution in [3.63, 3.8) is 0 Å². The van der Waals surface area contributed by atoms with Crippen molar-refractivity contribution in [2.75, 3.05) is 6.61 Å². The van der Waals surface area contributed by atoms with Crippen molar-refractivity contribution in [3.8, 4) is 5.75 Å². The molecule has 0 heterocycles. The van der Waals surface area contributed by atoms with E-state index in [1.165, 1.54) is 12.1 Å². The zero-order valence-corrected chi connectivity index (χ0v) is 14.1. The van der Waals surface area contributed by atoms with Crippen LogP contribution in [-0.2, 0) is 0 Å². The number of carbonyl (C=O) groups excluding carboxylic acids is 1. The molecule has 0 saturated heterocycles. The monoisotopic (exact) mass is 418 g/mol. The van der Waals surface area contributed by atoms with Crippen LogP contribution in [-0.4, -0.2) is 12.4 Å². The van der Waals surface area contributed by atoms with Gasteiger partial charge >= 0.3 is 0 Å². The molecule has 0 fully saturated rings. The zero-order valence-electron chi connectivity index (χ0n) is 10.9. The summed E-state index contributed by atoms with van der Waals surface area (Å²) in [5.41, 5.74) is -0.403. The molecule has 0 aromatic heterocycles. The lowest BCUT2D eigenvalue weighted by molar-refractivity contribution is 0.103. The minimum Gasteiger partial charge on any atom is -0.493 e. The van der Waals surface area contributed by atoms with Gasteiger partial charge in [0.25, 0.3) is 0 Å². The molecular weight excluding hydrogens is 410 g/mol. The van der Waals surface area contributed by atoms with Crippen molar-refractivity contribution in [2.24, 2.45) is 0 Å². The summed E-state index contributed by atoms with van der Waals surface area (Å²) in [6, 6.07) is 6.64. The Morgan fingerprint density at radius 1 is 1.14 bits per heavy atom. The fourth-order valence-corrected chi connectivity index (χ4v) is 2.71. The standard InChI is InChI=1S/C15H10Br2F2O2/c1-2-21-13-4-3-8(5-10(13)17)15(20)14-11(18)6-9(16)7-12(14)19/h3-7H,2H2,1H3. The Balaban J connectivity index is 2.43. The van der Waals surface area contributed by atoms with Crippen molar-refractivity contribution >= 4 is 37.6 Å². The average Bonchev–Trinajstić information content (AvgIpc) is 2.40. The molecule has 0 spiro atoms. The number of halogens is 4. The predicted molar refractivity (Wildman–Crippen MR) is 82.8 cm³/mol. The number of benzene rings is 2. The van der Waals surface area contributed by atoms with E-state index in [1.807, 2.05) is 6.92 Å². The van der Waals surface area contributed by atoms with Crippen molar-refractivity contribution < 1.29 is 18.3 Å². The first-order chi connectivity index (χ1) is 9.93. The van der Waals surface area contributed by atoms with Gasteiger partial charge in [0.15, 0.2) is 5.78 Å². The topological polar surface area (TPSA) is 26.3 Å². The molecule has 2 aromatic rings. The van der Waals surface area contributed by atoms with Crippen LogP contribution >= 0.6 is 31.9 Å². The highest BCUT2D eigenvalue weighted by Gasteiger charge is 2.20. The Kier molecular flexibility index (Phi) is 5.11. The van der Waals surface area contributed by atoms with Crippen LogP contribution in [0.4, 0.5) is 8.78 Å². The summed E-state index contributed by atoms with van der Waals surface area (Å²) >= 11 is 6.24. The molecule has 2 nitrogen and oxygen atoms in total. The van der Waals surface area contributed by atoms with Crippen molar-refractivity contribution in [1.29, 1.82) is 0 Å². The Morgan fingerprint density at radius 3 is 2.29 bits per heavy atom. The van der Waals surface area contributed by atoms with Crippen LogP contribution in [0, 0.1) is 11.6 Å². The summed E-state index contributed by atoms with van der Waals surface area (Å²) in [5, 5.41) is 0. The maximum atomic E-state index is 13.8. The number of ketones is 1. The molecule has 0 radical (unpaired) electrons. The molecule has 0 N–H and O–H groups in total. The molecule has 0 atom stereocenters. The first kappa shape index (κ1) is 16.1. The van der Waals surface area contributed by atoms with Gasteiger partial charge in [-0.05, 0) is 53.2 Å². The van der Waals surface area contributed by atoms with E-state index in [9.17, 15) is 13.6 Å². The van der Waals surface area contributed by atoms with E-state index < -0.39 is 23.0 Å². The SMILES string of the molecule is CCOc1ccc(C(=O)c2c(F)cc(Br)cc2F)cc1Br. The largest absolute Gasteiger partial charge is 0.493 e. The van der Waals surface area contributed by atoms with Gasteiger partial charge in [-0.25, -0.2) is 8.78 Å². The molecular formula is C15H10Br2F2O2. The average molecular weight is 420 g/mol. The molecule has 2 rings (SSSR count). The fraction of sp³-hybridized carbons (Fsp3) is 0.133. The maximum absolute atomic E-state index is 13.8. The molecule has 110 valence electrons. The summed E-state index contributed by atoms with van der Waals surface area (Å²) in [7, 11) is 0. The molecule has 0 saturated carbocycles. The minimum atomic E-state index is -0.906. The molecule has 0 amide bonds. The maximum Gasteiger partial charge on any atom is 0.198 e. The van der Waals surface area contributed by atoms with Crippen LogP contribution in [0.5, 0.6) is 5.75 Å². The number of carbonyl (C=O) groups is 1. The smallest absolute Gasteiger partial charge is 0.198 e. The highest BCUT2D eigenvalue weighted by Crippen LogP contribution is 2.28. The van der Waals surface area contributed by atoms with E-state index in [2.05, 4.69) is 31.9 Å². The Labute approximate surface area is 137 Å². The fourth-order valence-electron chi connectivity index (χ4n) is 1.82. The molecule has 0 aliphatic heterocycles.